The summed E-state index contributed by atoms with van der Waals surface area (Å²) in [5.41, 5.74) is 1.87. The van der Waals surface area contributed by atoms with Gasteiger partial charge in [-0.25, -0.2) is 4.79 Å². The monoisotopic (exact) mass is 360 g/mol. The van der Waals surface area contributed by atoms with Gasteiger partial charge in [-0.1, -0.05) is 36.7 Å². The number of hydrogen-bond donors (Lipinski definition) is 2. The molecule has 5 heteroatoms. The van der Waals surface area contributed by atoms with Gasteiger partial charge >= 0.3 is 6.09 Å². The molecule has 0 aliphatic carbocycles. The first-order valence-corrected chi connectivity index (χ1v) is 8.80. The van der Waals surface area contributed by atoms with Crippen molar-refractivity contribution in [3.05, 3.63) is 64.9 Å². The van der Waals surface area contributed by atoms with Crippen molar-refractivity contribution in [1.82, 2.24) is 10.3 Å². The van der Waals surface area contributed by atoms with Crippen LogP contribution in [0.5, 0.6) is 0 Å². The predicted octanol–water partition coefficient (Wildman–Crippen LogP) is 5.13. The van der Waals surface area contributed by atoms with Crippen molar-refractivity contribution < 1.29 is 9.90 Å². The van der Waals surface area contributed by atoms with E-state index < -0.39 is 11.6 Å². The minimum absolute atomic E-state index is 0.241. The first-order valence-electron chi connectivity index (χ1n) is 8.42. The van der Waals surface area contributed by atoms with Crippen LogP contribution in [-0.2, 0) is 6.42 Å². The molecule has 0 aliphatic heterocycles. The van der Waals surface area contributed by atoms with Crippen LogP contribution in [0.1, 0.15) is 44.2 Å². The van der Waals surface area contributed by atoms with Crippen molar-refractivity contribution in [2.45, 2.75) is 45.1 Å². The lowest BCUT2D eigenvalue weighted by molar-refractivity contribution is 0.175. The van der Waals surface area contributed by atoms with Gasteiger partial charge in [-0.15, -0.1) is 0 Å². The van der Waals surface area contributed by atoms with Crippen LogP contribution in [0.3, 0.4) is 0 Å². The largest absolute Gasteiger partial charge is 0.465 e. The van der Waals surface area contributed by atoms with Gasteiger partial charge in [0.1, 0.15) is 0 Å². The molecule has 0 saturated heterocycles. The summed E-state index contributed by atoms with van der Waals surface area (Å²) in [6.07, 6.45) is 4.26. The molecule has 1 heterocycles. The molecule has 0 bridgehead atoms. The third-order valence-electron chi connectivity index (χ3n) is 4.45. The van der Waals surface area contributed by atoms with Crippen molar-refractivity contribution in [1.29, 1.82) is 0 Å². The van der Waals surface area contributed by atoms with Gasteiger partial charge in [0.2, 0.25) is 0 Å². The number of hydrogen-bond acceptors (Lipinski definition) is 2. The van der Waals surface area contributed by atoms with E-state index in [0.717, 1.165) is 23.4 Å². The predicted molar refractivity (Wildman–Crippen MR) is 101 cm³/mol. The van der Waals surface area contributed by atoms with E-state index in [1.807, 2.05) is 50.4 Å². The summed E-state index contributed by atoms with van der Waals surface area (Å²) in [5.74, 6) is 0.506. The molecule has 1 amide bonds. The first-order chi connectivity index (χ1) is 11.8. The van der Waals surface area contributed by atoms with Gasteiger partial charge in [-0.2, -0.15) is 0 Å². The molecule has 2 rings (SSSR count). The molecule has 0 saturated carbocycles. The maximum Gasteiger partial charge on any atom is 0.405 e. The summed E-state index contributed by atoms with van der Waals surface area (Å²) in [7, 11) is 0. The van der Waals surface area contributed by atoms with E-state index in [9.17, 15) is 4.79 Å². The zero-order valence-corrected chi connectivity index (χ0v) is 15.6. The van der Waals surface area contributed by atoms with Gasteiger partial charge in [0.05, 0.1) is 0 Å². The van der Waals surface area contributed by atoms with Gasteiger partial charge < -0.3 is 10.4 Å². The molecule has 2 unspecified atom stereocenters. The Balaban J connectivity index is 2.22. The molecule has 4 nitrogen and oxygen atoms in total. The Labute approximate surface area is 154 Å². The molecule has 0 spiro atoms. The average molecular weight is 361 g/mol. The minimum Gasteiger partial charge on any atom is -0.465 e. The zero-order chi connectivity index (χ0) is 18.4. The Morgan fingerprint density at radius 3 is 2.52 bits per heavy atom. The third-order valence-corrected chi connectivity index (χ3v) is 4.70. The SMILES string of the molecule is CC(CC(C)(C)NC(=O)O)C(Cc1ccc(Cl)cc1)c1cccnc1. The lowest BCUT2D eigenvalue weighted by atomic mass is 9.77. The highest BCUT2D eigenvalue weighted by Crippen LogP contribution is 2.33. The summed E-state index contributed by atoms with van der Waals surface area (Å²) < 4.78 is 0. The maximum absolute atomic E-state index is 11.0. The number of pyridine rings is 1. The van der Waals surface area contributed by atoms with Crippen LogP contribution < -0.4 is 5.32 Å². The number of rotatable bonds is 7. The van der Waals surface area contributed by atoms with Gasteiger partial charge in [-0.05, 0) is 67.9 Å². The molecule has 0 fully saturated rings. The zero-order valence-electron chi connectivity index (χ0n) is 14.9. The lowest BCUT2D eigenvalue weighted by Crippen LogP contribution is -2.44. The van der Waals surface area contributed by atoms with E-state index in [4.69, 9.17) is 16.7 Å². The van der Waals surface area contributed by atoms with Crippen molar-refractivity contribution in [3.63, 3.8) is 0 Å². The number of amides is 1. The van der Waals surface area contributed by atoms with Crippen LogP contribution in [0, 0.1) is 5.92 Å². The molecule has 0 radical (unpaired) electrons. The second kappa shape index (κ2) is 8.34. The molecular formula is C20H25ClN2O2. The van der Waals surface area contributed by atoms with E-state index in [2.05, 4.69) is 23.3 Å². The summed E-state index contributed by atoms with van der Waals surface area (Å²) >= 11 is 5.99. The number of carboxylic acid groups (broad SMARTS) is 1. The van der Waals surface area contributed by atoms with E-state index in [1.54, 1.807) is 6.20 Å². The van der Waals surface area contributed by atoms with Gasteiger partial charge in [-0.3, -0.25) is 4.98 Å². The standard InChI is InChI=1S/C20H25ClN2O2/c1-14(12-20(2,3)23-19(24)25)18(16-5-4-10-22-13-16)11-15-6-8-17(21)9-7-15/h4-10,13-14,18,23H,11-12H2,1-3H3,(H,24,25). The second-order valence-electron chi connectivity index (χ2n) is 7.22. The van der Waals surface area contributed by atoms with Crippen LogP contribution in [0.15, 0.2) is 48.8 Å². The fraction of sp³-hybridized carbons (Fsp3) is 0.400. The van der Waals surface area contributed by atoms with Crippen molar-refractivity contribution >= 4 is 17.7 Å². The Kier molecular flexibility index (Phi) is 6.43. The Hall–Kier alpha value is -2.07. The van der Waals surface area contributed by atoms with Crippen LogP contribution in [0.25, 0.3) is 0 Å². The first kappa shape index (κ1) is 19.3. The fourth-order valence-corrected chi connectivity index (χ4v) is 3.53. The number of aromatic nitrogens is 1. The smallest absolute Gasteiger partial charge is 0.405 e. The number of halogens is 1. The number of nitrogens with zero attached hydrogens (tertiary/aromatic N) is 1. The Bertz CT molecular complexity index is 687. The van der Waals surface area contributed by atoms with E-state index in [-0.39, 0.29) is 11.8 Å². The molecule has 1 aromatic carbocycles. The van der Waals surface area contributed by atoms with Gasteiger partial charge in [0, 0.05) is 23.0 Å². The summed E-state index contributed by atoms with van der Waals surface area (Å²) in [5, 5.41) is 12.4. The molecular weight excluding hydrogens is 336 g/mol. The molecule has 2 aromatic rings. The van der Waals surface area contributed by atoms with Crippen molar-refractivity contribution in [2.24, 2.45) is 5.92 Å². The second-order valence-corrected chi connectivity index (χ2v) is 7.66. The highest BCUT2D eigenvalue weighted by atomic mass is 35.5. The molecule has 134 valence electrons. The van der Waals surface area contributed by atoms with Gasteiger partial charge in [0.25, 0.3) is 0 Å². The maximum atomic E-state index is 11.0. The molecule has 0 aliphatic rings. The molecule has 2 atom stereocenters. The van der Waals surface area contributed by atoms with Crippen LogP contribution in [0.4, 0.5) is 4.79 Å². The van der Waals surface area contributed by atoms with E-state index in [1.165, 1.54) is 5.56 Å². The van der Waals surface area contributed by atoms with E-state index >= 15 is 0 Å². The summed E-state index contributed by atoms with van der Waals surface area (Å²) in [4.78, 5) is 15.3. The normalized spacial score (nSPS) is 13.9. The topological polar surface area (TPSA) is 62.2 Å². The highest BCUT2D eigenvalue weighted by molar-refractivity contribution is 6.30. The van der Waals surface area contributed by atoms with Crippen molar-refractivity contribution in [3.8, 4) is 0 Å². The Morgan fingerprint density at radius 2 is 1.96 bits per heavy atom. The summed E-state index contributed by atoms with van der Waals surface area (Å²) in [6, 6.07) is 11.9. The van der Waals surface area contributed by atoms with Gasteiger partial charge in [0.15, 0.2) is 0 Å². The molecule has 2 N–H and O–H groups in total. The lowest BCUT2D eigenvalue weighted by Gasteiger charge is -2.32. The van der Waals surface area contributed by atoms with Crippen LogP contribution in [0.2, 0.25) is 5.02 Å². The number of carbonyl (C=O) groups is 1. The quantitative estimate of drug-likeness (QED) is 0.719. The van der Waals surface area contributed by atoms with E-state index in [0.29, 0.717) is 0 Å². The number of nitrogens with one attached hydrogen (secondary N) is 1. The third kappa shape index (κ3) is 6.05. The summed E-state index contributed by atoms with van der Waals surface area (Å²) in [6.45, 7) is 6.00. The highest BCUT2D eigenvalue weighted by Gasteiger charge is 2.28. The molecule has 25 heavy (non-hydrogen) atoms. The number of benzene rings is 1. The average Bonchev–Trinajstić information content (AvgIpc) is 2.53. The minimum atomic E-state index is -0.993. The fourth-order valence-electron chi connectivity index (χ4n) is 3.40. The molecule has 1 aromatic heterocycles. The van der Waals surface area contributed by atoms with Crippen LogP contribution >= 0.6 is 11.6 Å². The van der Waals surface area contributed by atoms with Crippen LogP contribution in [-0.4, -0.2) is 21.7 Å². The Morgan fingerprint density at radius 1 is 1.28 bits per heavy atom. The van der Waals surface area contributed by atoms with Crippen molar-refractivity contribution in [2.75, 3.05) is 0 Å².